The maximum atomic E-state index is 12.9. The van der Waals surface area contributed by atoms with Crippen molar-refractivity contribution in [2.24, 2.45) is 0 Å². The van der Waals surface area contributed by atoms with Crippen molar-refractivity contribution in [3.63, 3.8) is 0 Å². The number of hydrogen-bond donors (Lipinski definition) is 0. The Labute approximate surface area is 443 Å². The fourth-order valence-electron chi connectivity index (χ4n) is 9.61. The van der Waals surface area contributed by atoms with E-state index in [2.05, 4.69) is 45.1 Å². The molecule has 6 heteroatoms. The average Bonchev–Trinajstić information content (AvgIpc) is 3.37. The lowest BCUT2D eigenvalue weighted by atomic mass is 10.0. The molecule has 0 bridgehead atoms. The fourth-order valence-corrected chi connectivity index (χ4v) is 9.61. The summed E-state index contributed by atoms with van der Waals surface area (Å²) >= 11 is 0. The summed E-state index contributed by atoms with van der Waals surface area (Å²) in [5.41, 5.74) is 0. The van der Waals surface area contributed by atoms with Crippen molar-refractivity contribution in [2.75, 3.05) is 13.2 Å². The molecule has 0 radical (unpaired) electrons. The van der Waals surface area contributed by atoms with Crippen LogP contribution in [-0.4, -0.2) is 37.2 Å². The van der Waals surface area contributed by atoms with E-state index in [1.54, 1.807) is 0 Å². The average molecular weight is 1000 g/mol. The molecule has 0 fully saturated rings. The number of ether oxygens (including phenoxy) is 3. The second-order valence-corrected chi connectivity index (χ2v) is 21.7. The summed E-state index contributed by atoms with van der Waals surface area (Å²) in [5.74, 6) is -0.847. The zero-order chi connectivity index (χ0) is 51.4. The summed E-state index contributed by atoms with van der Waals surface area (Å²) in [6.07, 6.45) is 71.8. The molecule has 0 aromatic heterocycles. The van der Waals surface area contributed by atoms with Gasteiger partial charge in [-0.15, -0.1) is 0 Å². The SMILES string of the molecule is CCCCCCCC/C=C\CCCCCCCCCCCCCC(=O)OC[C@H](COC(=O)CCCCCCCCCCCCCCCCC)OC(=O)CCCCCCCCC/C=C\CCCCCCCC. The number of allylic oxidation sites excluding steroid dienone is 4. The summed E-state index contributed by atoms with van der Waals surface area (Å²) < 4.78 is 16.9. The van der Waals surface area contributed by atoms with Crippen LogP contribution in [0.1, 0.15) is 355 Å². The minimum atomic E-state index is -0.771. The Morgan fingerprint density at radius 1 is 0.268 bits per heavy atom. The molecule has 0 aliphatic heterocycles. The lowest BCUT2D eigenvalue weighted by Gasteiger charge is -2.18. The summed E-state index contributed by atoms with van der Waals surface area (Å²) in [6, 6.07) is 0. The van der Waals surface area contributed by atoms with E-state index in [0.717, 1.165) is 57.8 Å². The van der Waals surface area contributed by atoms with Gasteiger partial charge in [-0.2, -0.15) is 0 Å². The molecule has 0 saturated heterocycles. The maximum absolute atomic E-state index is 12.9. The molecular weight excluding hydrogens is 877 g/mol. The monoisotopic (exact) mass is 999 g/mol. The van der Waals surface area contributed by atoms with Gasteiger partial charge in [-0.3, -0.25) is 14.4 Å². The van der Waals surface area contributed by atoms with E-state index in [-0.39, 0.29) is 31.1 Å². The van der Waals surface area contributed by atoms with Crippen LogP contribution in [0.15, 0.2) is 24.3 Å². The molecule has 0 aliphatic rings. The molecule has 0 heterocycles. The molecule has 0 N–H and O–H groups in total. The van der Waals surface area contributed by atoms with Crippen molar-refractivity contribution in [1.82, 2.24) is 0 Å². The fraction of sp³-hybridized carbons (Fsp3) is 0.892. The van der Waals surface area contributed by atoms with Gasteiger partial charge in [0.15, 0.2) is 6.10 Å². The smallest absolute Gasteiger partial charge is 0.306 e. The third-order valence-corrected chi connectivity index (χ3v) is 14.4. The maximum Gasteiger partial charge on any atom is 0.306 e. The summed E-state index contributed by atoms with van der Waals surface area (Å²) in [5, 5.41) is 0. The molecule has 1 atom stereocenters. The van der Waals surface area contributed by atoms with Crippen molar-refractivity contribution in [3.8, 4) is 0 Å². The second kappa shape index (κ2) is 60.4. The largest absolute Gasteiger partial charge is 0.462 e. The Bertz CT molecular complexity index is 1150. The third kappa shape index (κ3) is 58.7. The highest BCUT2D eigenvalue weighted by Crippen LogP contribution is 2.17. The van der Waals surface area contributed by atoms with Gasteiger partial charge in [0.1, 0.15) is 13.2 Å². The highest BCUT2D eigenvalue weighted by molar-refractivity contribution is 5.71. The van der Waals surface area contributed by atoms with E-state index < -0.39 is 6.10 Å². The van der Waals surface area contributed by atoms with Crippen LogP contribution in [0.25, 0.3) is 0 Å². The van der Waals surface area contributed by atoms with Crippen LogP contribution >= 0.6 is 0 Å². The Morgan fingerprint density at radius 2 is 0.465 bits per heavy atom. The first-order valence-electron chi connectivity index (χ1n) is 31.8. The lowest BCUT2D eigenvalue weighted by Crippen LogP contribution is -2.30. The number of hydrogen-bond acceptors (Lipinski definition) is 6. The van der Waals surface area contributed by atoms with Gasteiger partial charge in [0, 0.05) is 19.3 Å². The predicted molar refractivity (Wildman–Crippen MR) is 307 cm³/mol. The highest BCUT2D eigenvalue weighted by atomic mass is 16.6. The molecule has 71 heavy (non-hydrogen) atoms. The van der Waals surface area contributed by atoms with Crippen LogP contribution in [0.2, 0.25) is 0 Å². The highest BCUT2D eigenvalue weighted by Gasteiger charge is 2.19. The zero-order valence-corrected chi connectivity index (χ0v) is 48.0. The Morgan fingerprint density at radius 3 is 0.704 bits per heavy atom. The van der Waals surface area contributed by atoms with Crippen LogP contribution in [0, 0.1) is 0 Å². The van der Waals surface area contributed by atoms with Gasteiger partial charge in [0.25, 0.3) is 0 Å². The summed E-state index contributed by atoms with van der Waals surface area (Å²) in [4.78, 5) is 38.3. The first kappa shape index (κ1) is 68.9. The summed E-state index contributed by atoms with van der Waals surface area (Å²) in [7, 11) is 0. The second-order valence-electron chi connectivity index (χ2n) is 21.7. The Kier molecular flexibility index (Phi) is 58.6. The van der Waals surface area contributed by atoms with Gasteiger partial charge < -0.3 is 14.2 Å². The normalized spacial score (nSPS) is 12.1. The predicted octanol–water partition coefficient (Wildman–Crippen LogP) is 21.4. The molecule has 0 aromatic carbocycles. The van der Waals surface area contributed by atoms with Gasteiger partial charge >= 0.3 is 17.9 Å². The van der Waals surface area contributed by atoms with Crippen LogP contribution in [0.4, 0.5) is 0 Å². The number of unbranched alkanes of at least 4 members (excludes halogenated alkanes) is 44. The van der Waals surface area contributed by atoms with Crippen molar-refractivity contribution in [1.29, 1.82) is 0 Å². The van der Waals surface area contributed by atoms with E-state index in [9.17, 15) is 14.4 Å². The number of carbonyl (C=O) groups is 3. The molecule has 418 valence electrons. The number of esters is 3. The van der Waals surface area contributed by atoms with E-state index in [0.29, 0.717) is 19.3 Å². The van der Waals surface area contributed by atoms with Gasteiger partial charge in [-0.25, -0.2) is 0 Å². The van der Waals surface area contributed by atoms with Crippen molar-refractivity contribution >= 4 is 17.9 Å². The lowest BCUT2D eigenvalue weighted by molar-refractivity contribution is -0.167. The van der Waals surface area contributed by atoms with E-state index >= 15 is 0 Å². The first-order chi connectivity index (χ1) is 35.0. The van der Waals surface area contributed by atoms with Crippen molar-refractivity contribution in [2.45, 2.75) is 361 Å². The van der Waals surface area contributed by atoms with Gasteiger partial charge in [0.05, 0.1) is 0 Å². The minimum Gasteiger partial charge on any atom is -0.462 e. The number of carbonyl (C=O) groups excluding carboxylic acids is 3. The van der Waals surface area contributed by atoms with Crippen LogP contribution in [0.5, 0.6) is 0 Å². The minimum absolute atomic E-state index is 0.0679. The molecule has 0 rings (SSSR count). The van der Waals surface area contributed by atoms with E-state index in [1.165, 1.54) is 257 Å². The first-order valence-corrected chi connectivity index (χ1v) is 31.8. The molecule has 6 nitrogen and oxygen atoms in total. The topological polar surface area (TPSA) is 78.9 Å². The quantitative estimate of drug-likeness (QED) is 0.0261. The molecule has 0 amide bonds. The molecule has 0 aromatic rings. The van der Waals surface area contributed by atoms with Crippen molar-refractivity contribution < 1.29 is 28.6 Å². The van der Waals surface area contributed by atoms with Crippen LogP contribution < -0.4 is 0 Å². The molecule has 0 spiro atoms. The number of rotatable bonds is 59. The molecule has 0 saturated carbocycles. The molecule has 0 unspecified atom stereocenters. The van der Waals surface area contributed by atoms with Crippen molar-refractivity contribution in [3.05, 3.63) is 24.3 Å². The summed E-state index contributed by atoms with van der Waals surface area (Å²) in [6.45, 7) is 6.69. The Hall–Kier alpha value is -2.11. The zero-order valence-electron chi connectivity index (χ0n) is 48.0. The van der Waals surface area contributed by atoms with Gasteiger partial charge in [0.2, 0.25) is 0 Å². The van der Waals surface area contributed by atoms with Crippen LogP contribution in [-0.2, 0) is 28.6 Å². The van der Waals surface area contributed by atoms with Crippen LogP contribution in [0.3, 0.4) is 0 Å². The molecular formula is C65H122O6. The van der Waals surface area contributed by atoms with Gasteiger partial charge in [-0.05, 0) is 70.6 Å². The molecule has 0 aliphatic carbocycles. The Balaban J connectivity index is 4.30. The van der Waals surface area contributed by atoms with E-state index in [4.69, 9.17) is 14.2 Å². The van der Waals surface area contributed by atoms with E-state index in [1.807, 2.05) is 0 Å². The third-order valence-electron chi connectivity index (χ3n) is 14.4. The van der Waals surface area contributed by atoms with Gasteiger partial charge in [-0.1, -0.05) is 289 Å². The standard InChI is InChI=1S/C65H122O6/c1-4-7-10-13-16-19-22-25-28-30-31-32-33-35-37-40-43-46-49-52-55-58-64(67)70-61-62(60-69-63(66)57-54-51-48-45-42-39-36-27-24-21-18-15-12-9-6-3)71-65(68)59-56-53-50-47-44-41-38-34-29-26-23-20-17-14-11-8-5-2/h25-26,28-29,62H,4-24,27,30-61H2,1-3H3/b28-25-,29-26-/t62-/m0/s1.